The van der Waals surface area contributed by atoms with Gasteiger partial charge < -0.3 is 11.1 Å². The van der Waals surface area contributed by atoms with Crippen LogP contribution in [0, 0.1) is 0 Å². The fraction of sp³-hybridized carbons (Fsp3) is 0.538. The Morgan fingerprint density at radius 3 is 2.60 bits per heavy atom. The van der Waals surface area contributed by atoms with E-state index in [1.165, 1.54) is 36.9 Å². The second-order valence-corrected chi connectivity index (χ2v) is 4.50. The fourth-order valence-corrected chi connectivity index (χ4v) is 2.32. The molecule has 1 aromatic carbocycles. The van der Waals surface area contributed by atoms with Gasteiger partial charge in [0, 0.05) is 17.8 Å². The maximum absolute atomic E-state index is 5.95. The lowest BCUT2D eigenvalue weighted by Gasteiger charge is -2.18. The normalized spacial score (nSPS) is 19.1. The molecule has 0 radical (unpaired) electrons. The summed E-state index contributed by atoms with van der Waals surface area (Å²) in [4.78, 5) is 0. The van der Waals surface area contributed by atoms with Gasteiger partial charge in [0.1, 0.15) is 0 Å². The Kier molecular flexibility index (Phi) is 3.27. The highest BCUT2D eigenvalue weighted by atomic mass is 14.9. The van der Waals surface area contributed by atoms with Gasteiger partial charge in [-0.1, -0.05) is 31.0 Å². The zero-order valence-corrected chi connectivity index (χ0v) is 9.37. The van der Waals surface area contributed by atoms with Crippen molar-refractivity contribution in [2.75, 3.05) is 5.32 Å². The molecule has 82 valence electrons. The molecule has 1 saturated carbocycles. The van der Waals surface area contributed by atoms with E-state index in [0.717, 1.165) is 0 Å². The van der Waals surface area contributed by atoms with Crippen LogP contribution in [0.15, 0.2) is 24.3 Å². The van der Waals surface area contributed by atoms with E-state index >= 15 is 0 Å². The highest BCUT2D eigenvalue weighted by Gasteiger charge is 2.16. The quantitative estimate of drug-likeness (QED) is 0.794. The Balaban J connectivity index is 2.12. The van der Waals surface area contributed by atoms with Gasteiger partial charge in [-0.15, -0.1) is 0 Å². The smallest absolute Gasteiger partial charge is 0.0390 e. The molecule has 1 aliphatic carbocycles. The maximum atomic E-state index is 5.95. The number of hydrogen-bond acceptors (Lipinski definition) is 2. The minimum atomic E-state index is 0.107. The summed E-state index contributed by atoms with van der Waals surface area (Å²) in [6.45, 7) is 2.04. The molecule has 0 saturated heterocycles. The largest absolute Gasteiger partial charge is 0.382 e. The van der Waals surface area contributed by atoms with Crippen molar-refractivity contribution in [2.24, 2.45) is 5.73 Å². The molecule has 0 heterocycles. The predicted molar refractivity (Wildman–Crippen MR) is 64.9 cm³/mol. The highest BCUT2D eigenvalue weighted by Crippen LogP contribution is 2.26. The van der Waals surface area contributed by atoms with Crippen molar-refractivity contribution in [2.45, 2.75) is 44.7 Å². The zero-order chi connectivity index (χ0) is 10.7. The van der Waals surface area contributed by atoms with E-state index < -0.39 is 0 Å². The highest BCUT2D eigenvalue weighted by molar-refractivity contribution is 5.53. The third-order valence-corrected chi connectivity index (χ3v) is 3.17. The van der Waals surface area contributed by atoms with E-state index in [9.17, 15) is 0 Å². The Morgan fingerprint density at radius 2 is 1.93 bits per heavy atom. The molecule has 15 heavy (non-hydrogen) atoms. The summed E-state index contributed by atoms with van der Waals surface area (Å²) in [6, 6.07) is 9.14. The van der Waals surface area contributed by atoms with Gasteiger partial charge in [-0.3, -0.25) is 0 Å². The molecular formula is C13H20N2. The second-order valence-electron chi connectivity index (χ2n) is 4.50. The number of para-hydroxylation sites is 1. The van der Waals surface area contributed by atoms with Crippen molar-refractivity contribution in [1.82, 2.24) is 0 Å². The SMILES string of the molecule is CC(N)c1ccccc1NC1CCCC1. The number of rotatable bonds is 3. The molecule has 1 aromatic rings. The zero-order valence-electron chi connectivity index (χ0n) is 9.37. The van der Waals surface area contributed by atoms with Gasteiger partial charge in [-0.05, 0) is 31.4 Å². The van der Waals surface area contributed by atoms with Crippen molar-refractivity contribution < 1.29 is 0 Å². The van der Waals surface area contributed by atoms with Gasteiger partial charge >= 0.3 is 0 Å². The molecule has 2 heteroatoms. The van der Waals surface area contributed by atoms with Crippen LogP contribution in [0.25, 0.3) is 0 Å². The van der Waals surface area contributed by atoms with Gasteiger partial charge in [0.2, 0.25) is 0 Å². The molecule has 0 spiro atoms. The molecule has 1 aliphatic rings. The Hall–Kier alpha value is -1.02. The first-order valence-corrected chi connectivity index (χ1v) is 5.88. The van der Waals surface area contributed by atoms with Crippen molar-refractivity contribution in [3.63, 3.8) is 0 Å². The standard InChI is InChI=1S/C13H20N2/c1-10(14)12-8-4-5-9-13(12)15-11-6-2-3-7-11/h4-5,8-11,15H,2-3,6-7,14H2,1H3. The van der Waals surface area contributed by atoms with Crippen LogP contribution in [-0.4, -0.2) is 6.04 Å². The summed E-state index contributed by atoms with van der Waals surface area (Å²) in [5, 5.41) is 3.61. The third kappa shape index (κ3) is 2.51. The minimum Gasteiger partial charge on any atom is -0.382 e. The van der Waals surface area contributed by atoms with E-state index in [-0.39, 0.29) is 6.04 Å². The van der Waals surface area contributed by atoms with Crippen LogP contribution in [0.2, 0.25) is 0 Å². The molecule has 1 unspecified atom stereocenters. The van der Waals surface area contributed by atoms with Crippen molar-refractivity contribution >= 4 is 5.69 Å². The van der Waals surface area contributed by atoms with Crippen molar-refractivity contribution in [3.05, 3.63) is 29.8 Å². The summed E-state index contributed by atoms with van der Waals surface area (Å²) in [5.74, 6) is 0. The fourth-order valence-electron chi connectivity index (χ4n) is 2.32. The van der Waals surface area contributed by atoms with Crippen LogP contribution in [-0.2, 0) is 0 Å². The number of hydrogen-bond donors (Lipinski definition) is 2. The summed E-state index contributed by atoms with van der Waals surface area (Å²) in [5.41, 5.74) is 8.40. The number of anilines is 1. The van der Waals surface area contributed by atoms with E-state index in [1.54, 1.807) is 0 Å². The predicted octanol–water partition coefficient (Wildman–Crippen LogP) is 3.06. The van der Waals surface area contributed by atoms with Gasteiger partial charge in [0.15, 0.2) is 0 Å². The van der Waals surface area contributed by atoms with Crippen molar-refractivity contribution in [1.29, 1.82) is 0 Å². The second kappa shape index (κ2) is 4.67. The molecule has 0 amide bonds. The van der Waals surface area contributed by atoms with Gasteiger partial charge in [-0.2, -0.15) is 0 Å². The summed E-state index contributed by atoms with van der Waals surface area (Å²) >= 11 is 0. The van der Waals surface area contributed by atoms with Crippen LogP contribution < -0.4 is 11.1 Å². The average molecular weight is 204 g/mol. The van der Waals surface area contributed by atoms with E-state index in [2.05, 4.69) is 29.6 Å². The number of nitrogens with two attached hydrogens (primary N) is 1. The average Bonchev–Trinajstić information content (AvgIpc) is 2.71. The minimum absolute atomic E-state index is 0.107. The first kappa shape index (κ1) is 10.5. The topological polar surface area (TPSA) is 38.0 Å². The lowest BCUT2D eigenvalue weighted by atomic mass is 10.1. The molecule has 2 nitrogen and oxygen atoms in total. The van der Waals surface area contributed by atoms with Crippen LogP contribution in [0.4, 0.5) is 5.69 Å². The number of benzene rings is 1. The van der Waals surface area contributed by atoms with Crippen LogP contribution in [0.5, 0.6) is 0 Å². The van der Waals surface area contributed by atoms with Gasteiger partial charge in [0.25, 0.3) is 0 Å². The van der Waals surface area contributed by atoms with E-state index in [0.29, 0.717) is 6.04 Å². The first-order valence-electron chi connectivity index (χ1n) is 5.88. The van der Waals surface area contributed by atoms with Crippen molar-refractivity contribution in [3.8, 4) is 0 Å². The summed E-state index contributed by atoms with van der Waals surface area (Å²) in [7, 11) is 0. The molecule has 2 rings (SSSR count). The van der Waals surface area contributed by atoms with Gasteiger partial charge in [-0.25, -0.2) is 0 Å². The van der Waals surface area contributed by atoms with Crippen LogP contribution >= 0.6 is 0 Å². The monoisotopic (exact) mass is 204 g/mol. The molecule has 1 fully saturated rings. The molecule has 0 bridgehead atoms. The Labute approximate surface area is 91.9 Å². The molecular weight excluding hydrogens is 184 g/mol. The van der Waals surface area contributed by atoms with E-state index in [1.807, 2.05) is 6.92 Å². The lowest BCUT2D eigenvalue weighted by molar-refractivity contribution is 0.745. The maximum Gasteiger partial charge on any atom is 0.0390 e. The van der Waals surface area contributed by atoms with E-state index in [4.69, 9.17) is 5.73 Å². The van der Waals surface area contributed by atoms with Crippen LogP contribution in [0.3, 0.4) is 0 Å². The Morgan fingerprint density at radius 1 is 1.27 bits per heavy atom. The van der Waals surface area contributed by atoms with Crippen LogP contribution in [0.1, 0.15) is 44.2 Å². The molecule has 0 aromatic heterocycles. The molecule has 1 atom stereocenters. The number of nitrogens with one attached hydrogen (secondary N) is 1. The summed E-state index contributed by atoms with van der Waals surface area (Å²) < 4.78 is 0. The lowest BCUT2D eigenvalue weighted by Crippen LogP contribution is -2.17. The Bertz CT molecular complexity index is 314. The third-order valence-electron chi connectivity index (χ3n) is 3.17. The summed E-state index contributed by atoms with van der Waals surface area (Å²) in [6.07, 6.45) is 5.32. The molecule has 0 aliphatic heterocycles. The first-order chi connectivity index (χ1) is 7.27. The molecule has 3 N–H and O–H groups in total. The van der Waals surface area contributed by atoms with Gasteiger partial charge in [0.05, 0.1) is 0 Å².